The molecule has 0 aromatic heterocycles. The summed E-state index contributed by atoms with van der Waals surface area (Å²) in [5, 5.41) is 0. The molecule has 1 rings (SSSR count). The molecule has 10 heavy (non-hydrogen) atoms. The van der Waals surface area contributed by atoms with Gasteiger partial charge < -0.3 is 4.74 Å². The van der Waals surface area contributed by atoms with Gasteiger partial charge in [-0.2, -0.15) is 0 Å². The summed E-state index contributed by atoms with van der Waals surface area (Å²) in [5.74, 6) is 0.889. The summed E-state index contributed by atoms with van der Waals surface area (Å²) < 4.78 is 5.17. The normalized spacial score (nSPS) is 8.10. The first kappa shape index (κ1) is 9.90. The van der Waals surface area contributed by atoms with Crippen LogP contribution in [0.1, 0.15) is 6.92 Å². The average molecular weight is 333 g/mol. The third kappa shape index (κ3) is 3.17. The number of hydrogen-bond donors (Lipinski definition) is 0. The SMILES string of the molecule is CCOc1c[c]ccc1.[BiH3]. The third-order valence-corrected chi connectivity index (χ3v) is 0.990. The van der Waals surface area contributed by atoms with Gasteiger partial charge in [0.15, 0.2) is 0 Å². The summed E-state index contributed by atoms with van der Waals surface area (Å²) >= 11 is 0. The van der Waals surface area contributed by atoms with E-state index in [9.17, 15) is 0 Å². The van der Waals surface area contributed by atoms with Crippen LogP contribution in [0.5, 0.6) is 5.75 Å². The Labute approximate surface area is 80.5 Å². The van der Waals surface area contributed by atoms with Gasteiger partial charge in [-0.05, 0) is 25.1 Å². The minimum absolute atomic E-state index is 0. The zero-order valence-corrected chi connectivity index (χ0v) is 11.6. The van der Waals surface area contributed by atoms with Gasteiger partial charge in [0.2, 0.25) is 0 Å². The second-order valence-corrected chi connectivity index (χ2v) is 1.67. The van der Waals surface area contributed by atoms with Crippen molar-refractivity contribution in [2.24, 2.45) is 0 Å². The molecule has 0 aliphatic rings. The van der Waals surface area contributed by atoms with Crippen LogP contribution in [-0.4, -0.2) is 32.8 Å². The van der Waals surface area contributed by atoms with E-state index in [1.54, 1.807) is 0 Å². The monoisotopic (exact) mass is 333 g/mol. The van der Waals surface area contributed by atoms with E-state index in [1.165, 1.54) is 0 Å². The van der Waals surface area contributed by atoms with Gasteiger partial charge in [0, 0.05) is 0 Å². The van der Waals surface area contributed by atoms with Crippen LogP contribution in [-0.2, 0) is 0 Å². The van der Waals surface area contributed by atoms with Crippen LogP contribution in [0, 0.1) is 6.07 Å². The van der Waals surface area contributed by atoms with Crippen molar-refractivity contribution in [1.29, 1.82) is 0 Å². The predicted molar refractivity (Wildman–Crippen MR) is 46.4 cm³/mol. The predicted octanol–water partition coefficient (Wildman–Crippen LogP) is 0.702. The minimum atomic E-state index is 0. The molecule has 0 N–H and O–H groups in total. The van der Waals surface area contributed by atoms with Crippen molar-refractivity contribution in [1.82, 2.24) is 0 Å². The molecule has 0 fully saturated rings. The number of rotatable bonds is 2. The topological polar surface area (TPSA) is 9.23 Å². The molecule has 0 atom stereocenters. The molecule has 0 bridgehead atoms. The van der Waals surface area contributed by atoms with Crippen LogP contribution in [0.4, 0.5) is 0 Å². The van der Waals surface area contributed by atoms with Crippen molar-refractivity contribution in [2.45, 2.75) is 6.92 Å². The third-order valence-electron chi connectivity index (χ3n) is 0.990. The number of hydrogen-bond acceptors (Lipinski definition) is 1. The Bertz CT molecular complexity index is 162. The van der Waals surface area contributed by atoms with E-state index in [-0.39, 0.29) is 26.2 Å². The van der Waals surface area contributed by atoms with Crippen molar-refractivity contribution >= 4 is 26.2 Å². The Balaban J connectivity index is 0.000000810. The van der Waals surface area contributed by atoms with E-state index in [0.29, 0.717) is 0 Å². The molecule has 0 amide bonds. The van der Waals surface area contributed by atoms with E-state index >= 15 is 0 Å². The van der Waals surface area contributed by atoms with Gasteiger partial charge in [-0.1, -0.05) is 12.1 Å². The van der Waals surface area contributed by atoms with Crippen LogP contribution in [0.25, 0.3) is 0 Å². The molecular formula is C8H12BiO. The molecule has 1 aromatic rings. The van der Waals surface area contributed by atoms with Crippen molar-refractivity contribution in [3.05, 3.63) is 30.3 Å². The summed E-state index contributed by atoms with van der Waals surface area (Å²) in [6.07, 6.45) is 0. The van der Waals surface area contributed by atoms with Crippen molar-refractivity contribution < 1.29 is 4.74 Å². The van der Waals surface area contributed by atoms with E-state index in [1.807, 2.05) is 31.2 Å². The molecule has 0 heterocycles. The van der Waals surface area contributed by atoms with Crippen LogP contribution < -0.4 is 4.74 Å². The fraction of sp³-hybridized carbons (Fsp3) is 0.250. The first-order chi connectivity index (χ1) is 4.43. The van der Waals surface area contributed by atoms with Gasteiger partial charge in [0.05, 0.1) is 6.61 Å². The molecule has 0 saturated heterocycles. The molecule has 1 nitrogen and oxygen atoms in total. The standard InChI is InChI=1S/C8H9O.Bi.3H/c1-2-9-8-6-4-3-5-7-8;;;;/h3-4,6-7H,2H2,1H3;;;;. The first-order valence-corrected chi connectivity index (χ1v) is 3.02. The molecule has 0 saturated carbocycles. The van der Waals surface area contributed by atoms with E-state index < -0.39 is 0 Å². The summed E-state index contributed by atoms with van der Waals surface area (Å²) in [7, 11) is 0. The number of benzene rings is 1. The van der Waals surface area contributed by atoms with Gasteiger partial charge in [-0.15, -0.1) is 0 Å². The fourth-order valence-electron chi connectivity index (χ4n) is 0.633. The van der Waals surface area contributed by atoms with E-state index in [2.05, 4.69) is 6.07 Å². The molecule has 0 spiro atoms. The quantitative estimate of drug-likeness (QED) is 0.724. The number of ether oxygens (including phenoxy) is 1. The average Bonchev–Trinajstić information content (AvgIpc) is 1.91. The van der Waals surface area contributed by atoms with Crippen LogP contribution >= 0.6 is 0 Å². The molecule has 0 aliphatic carbocycles. The fourth-order valence-corrected chi connectivity index (χ4v) is 0.633. The van der Waals surface area contributed by atoms with Crippen LogP contribution in [0.2, 0.25) is 0 Å². The van der Waals surface area contributed by atoms with E-state index in [0.717, 1.165) is 12.4 Å². The molecule has 1 aromatic carbocycles. The van der Waals surface area contributed by atoms with E-state index in [4.69, 9.17) is 4.74 Å². The van der Waals surface area contributed by atoms with Gasteiger partial charge in [-0.3, -0.25) is 0 Å². The Hall–Kier alpha value is -0.0969. The van der Waals surface area contributed by atoms with Gasteiger partial charge >= 0.3 is 26.2 Å². The Morgan fingerprint density at radius 2 is 2.40 bits per heavy atom. The first-order valence-electron chi connectivity index (χ1n) is 3.02. The summed E-state index contributed by atoms with van der Waals surface area (Å²) in [6.45, 7) is 2.69. The van der Waals surface area contributed by atoms with Crippen LogP contribution in [0.15, 0.2) is 24.3 Å². The Kier molecular flexibility index (Phi) is 5.62. The Morgan fingerprint density at radius 3 is 2.90 bits per heavy atom. The molecule has 0 aliphatic heterocycles. The molecule has 55 valence electrons. The van der Waals surface area contributed by atoms with Gasteiger partial charge in [0.25, 0.3) is 0 Å². The zero-order chi connectivity index (χ0) is 6.53. The zero-order valence-electron chi connectivity index (χ0n) is 6.13. The summed E-state index contributed by atoms with van der Waals surface area (Å²) in [4.78, 5) is 0. The van der Waals surface area contributed by atoms with Gasteiger partial charge in [-0.25, -0.2) is 0 Å². The molecule has 1 radical (unpaired) electrons. The maximum absolute atomic E-state index is 5.17. The van der Waals surface area contributed by atoms with Crippen molar-refractivity contribution in [3.8, 4) is 5.75 Å². The van der Waals surface area contributed by atoms with Crippen molar-refractivity contribution in [2.75, 3.05) is 6.61 Å². The second kappa shape index (κ2) is 5.67. The van der Waals surface area contributed by atoms with Gasteiger partial charge in [0.1, 0.15) is 5.75 Å². The molecular weight excluding hydrogens is 321 g/mol. The summed E-state index contributed by atoms with van der Waals surface area (Å²) in [6, 6.07) is 10.4. The second-order valence-electron chi connectivity index (χ2n) is 1.67. The van der Waals surface area contributed by atoms with Crippen molar-refractivity contribution in [3.63, 3.8) is 0 Å². The Morgan fingerprint density at radius 1 is 1.60 bits per heavy atom. The molecule has 2 heteroatoms. The molecule has 0 unspecified atom stereocenters. The maximum atomic E-state index is 5.17. The summed E-state index contributed by atoms with van der Waals surface area (Å²) in [5.41, 5.74) is 0. The van der Waals surface area contributed by atoms with Crippen LogP contribution in [0.3, 0.4) is 0 Å².